The lowest BCUT2D eigenvalue weighted by Gasteiger charge is -2.34. The van der Waals surface area contributed by atoms with E-state index in [1.807, 2.05) is 36.4 Å². The normalized spacial score (nSPS) is 17.6. The number of piperazine rings is 1. The van der Waals surface area contributed by atoms with Crippen LogP contribution in [0.5, 0.6) is 0 Å². The minimum absolute atomic E-state index is 0.0768. The van der Waals surface area contributed by atoms with E-state index in [0.29, 0.717) is 11.5 Å². The number of halogens is 1. The van der Waals surface area contributed by atoms with Crippen LogP contribution in [0.3, 0.4) is 0 Å². The summed E-state index contributed by atoms with van der Waals surface area (Å²) in [7, 11) is 0. The number of hydrogen-bond donors (Lipinski definition) is 1. The van der Waals surface area contributed by atoms with Gasteiger partial charge in [0.15, 0.2) is 0 Å². The van der Waals surface area contributed by atoms with E-state index in [-0.39, 0.29) is 5.91 Å². The fourth-order valence-corrected chi connectivity index (χ4v) is 3.89. The highest BCUT2D eigenvalue weighted by atomic mass is 35.5. The predicted octanol–water partition coefficient (Wildman–Crippen LogP) is 3.24. The highest BCUT2D eigenvalue weighted by molar-refractivity contribution is 6.35. The molecular weight excluding hydrogens is 374 g/mol. The maximum Gasteiger partial charge on any atom is 0.256 e. The molecule has 0 unspecified atom stereocenters. The second kappa shape index (κ2) is 8.07. The number of hydrogen-bond acceptors (Lipinski definition) is 3. The number of aryl methyl sites for hydroxylation is 1. The Labute approximate surface area is 169 Å². The van der Waals surface area contributed by atoms with Gasteiger partial charge in [-0.15, -0.1) is 11.6 Å². The number of alkyl halides is 1. The van der Waals surface area contributed by atoms with Crippen LogP contribution in [-0.4, -0.2) is 49.3 Å². The number of fused-ring (bicyclic) bond motifs is 1. The number of anilines is 2. The zero-order valence-electron chi connectivity index (χ0n) is 15.5. The topological polar surface area (TPSA) is 52.7 Å². The van der Waals surface area contributed by atoms with Crippen LogP contribution in [0.4, 0.5) is 11.4 Å². The van der Waals surface area contributed by atoms with Gasteiger partial charge in [-0.3, -0.25) is 9.59 Å². The highest BCUT2D eigenvalue weighted by Gasteiger charge is 2.24. The molecule has 6 heteroatoms. The van der Waals surface area contributed by atoms with Crippen molar-refractivity contribution in [2.45, 2.75) is 6.42 Å². The Hall–Kier alpha value is -2.79. The van der Waals surface area contributed by atoms with Crippen molar-refractivity contribution in [2.75, 3.05) is 42.3 Å². The van der Waals surface area contributed by atoms with Gasteiger partial charge in [-0.05, 0) is 47.9 Å². The third kappa shape index (κ3) is 3.76. The first kappa shape index (κ1) is 18.6. The van der Waals surface area contributed by atoms with Crippen LogP contribution >= 0.6 is 11.6 Å². The molecule has 2 aromatic rings. The molecule has 5 nitrogen and oxygen atoms in total. The Morgan fingerprint density at radius 3 is 2.46 bits per heavy atom. The minimum atomic E-state index is -0.0768. The maximum atomic E-state index is 12.4. The molecule has 2 amide bonds. The molecule has 2 heterocycles. The van der Waals surface area contributed by atoms with E-state index in [1.54, 1.807) is 4.90 Å². The predicted molar refractivity (Wildman–Crippen MR) is 114 cm³/mol. The lowest BCUT2D eigenvalue weighted by molar-refractivity contribution is -0.118. The van der Waals surface area contributed by atoms with Crippen molar-refractivity contribution in [3.8, 4) is 0 Å². The first-order chi connectivity index (χ1) is 13.7. The molecule has 0 saturated carbocycles. The van der Waals surface area contributed by atoms with E-state index in [0.717, 1.165) is 67.1 Å². The largest absolute Gasteiger partial charge is 0.368 e. The molecule has 2 aliphatic rings. The Morgan fingerprint density at radius 2 is 1.79 bits per heavy atom. The van der Waals surface area contributed by atoms with Gasteiger partial charge in [0.1, 0.15) is 0 Å². The van der Waals surface area contributed by atoms with E-state index < -0.39 is 0 Å². The van der Waals surface area contributed by atoms with E-state index in [1.165, 1.54) is 0 Å². The number of nitrogens with one attached hydrogen (secondary N) is 1. The summed E-state index contributed by atoms with van der Waals surface area (Å²) in [6, 6.07) is 14.2. The molecule has 0 atom stereocenters. The van der Waals surface area contributed by atoms with Crippen LogP contribution < -0.4 is 10.2 Å². The molecular formula is C22H22ClN3O2. The molecule has 1 N–H and O–H groups in total. The van der Waals surface area contributed by atoms with Gasteiger partial charge in [0, 0.05) is 54.6 Å². The van der Waals surface area contributed by atoms with Crippen molar-refractivity contribution >= 4 is 46.9 Å². The zero-order valence-corrected chi connectivity index (χ0v) is 16.3. The minimum Gasteiger partial charge on any atom is -0.368 e. The van der Waals surface area contributed by atoms with Crippen molar-refractivity contribution in [3.63, 3.8) is 0 Å². The lowest BCUT2D eigenvalue weighted by atomic mass is 10.0. The van der Waals surface area contributed by atoms with Crippen LogP contribution in [0.2, 0.25) is 0 Å². The van der Waals surface area contributed by atoms with Crippen molar-refractivity contribution in [1.82, 2.24) is 4.90 Å². The van der Waals surface area contributed by atoms with Crippen LogP contribution in [-0.2, 0) is 16.0 Å². The average molecular weight is 396 g/mol. The highest BCUT2D eigenvalue weighted by Crippen LogP contribution is 2.34. The second-order valence-electron chi connectivity index (χ2n) is 7.05. The molecule has 2 aliphatic heterocycles. The number of benzene rings is 2. The maximum absolute atomic E-state index is 12.4. The van der Waals surface area contributed by atoms with Gasteiger partial charge >= 0.3 is 0 Å². The van der Waals surface area contributed by atoms with Crippen molar-refractivity contribution in [3.05, 3.63) is 59.2 Å². The lowest BCUT2D eigenvalue weighted by Crippen LogP contribution is -2.45. The summed E-state index contributed by atoms with van der Waals surface area (Å²) in [6.45, 7) is 3.16. The summed E-state index contributed by atoms with van der Waals surface area (Å²) < 4.78 is 0. The van der Waals surface area contributed by atoms with E-state index in [4.69, 9.17) is 11.6 Å². The quantitative estimate of drug-likeness (QED) is 0.480. The van der Waals surface area contributed by atoms with Crippen LogP contribution in [0.25, 0.3) is 11.6 Å². The summed E-state index contributed by atoms with van der Waals surface area (Å²) in [5.41, 5.74) is 5.70. The van der Waals surface area contributed by atoms with Gasteiger partial charge in [-0.2, -0.15) is 0 Å². The molecule has 28 heavy (non-hydrogen) atoms. The Bertz CT molecular complexity index is 916. The Balaban J connectivity index is 1.54. The van der Waals surface area contributed by atoms with Gasteiger partial charge < -0.3 is 15.1 Å². The van der Waals surface area contributed by atoms with Gasteiger partial charge in [0.25, 0.3) is 5.91 Å². The summed E-state index contributed by atoms with van der Waals surface area (Å²) in [6.07, 6.45) is 3.62. The number of nitrogens with zero attached hydrogens (tertiary/aromatic N) is 2. The first-order valence-electron chi connectivity index (χ1n) is 9.44. The van der Waals surface area contributed by atoms with Crippen LogP contribution in [0.1, 0.15) is 16.7 Å². The fraction of sp³-hybridized carbons (Fsp3) is 0.273. The van der Waals surface area contributed by atoms with E-state index in [9.17, 15) is 9.59 Å². The average Bonchev–Trinajstić information content (AvgIpc) is 3.04. The Kier molecular flexibility index (Phi) is 5.35. The molecule has 0 aliphatic carbocycles. The number of carbonyl (C=O) groups excluding carboxylic acids is 2. The van der Waals surface area contributed by atoms with Crippen molar-refractivity contribution in [1.29, 1.82) is 0 Å². The SMILES string of the molecule is O=CN1CCN(c2ccc(C=C3C(=O)Nc4ccc(CCCl)cc43)cc2)CC1. The smallest absolute Gasteiger partial charge is 0.256 e. The van der Waals surface area contributed by atoms with Gasteiger partial charge in [-0.1, -0.05) is 18.2 Å². The molecule has 4 rings (SSSR count). The summed E-state index contributed by atoms with van der Waals surface area (Å²) in [4.78, 5) is 27.3. The number of carbonyl (C=O) groups is 2. The van der Waals surface area contributed by atoms with Crippen LogP contribution in [0, 0.1) is 0 Å². The van der Waals surface area contributed by atoms with Gasteiger partial charge in [0.2, 0.25) is 6.41 Å². The first-order valence-corrected chi connectivity index (χ1v) is 9.98. The molecule has 0 bridgehead atoms. The second-order valence-corrected chi connectivity index (χ2v) is 7.43. The Morgan fingerprint density at radius 1 is 1.04 bits per heavy atom. The zero-order chi connectivity index (χ0) is 19.5. The fourth-order valence-electron chi connectivity index (χ4n) is 3.68. The molecule has 144 valence electrons. The van der Waals surface area contributed by atoms with Crippen molar-refractivity contribution in [2.24, 2.45) is 0 Å². The van der Waals surface area contributed by atoms with Crippen molar-refractivity contribution < 1.29 is 9.59 Å². The number of rotatable bonds is 5. The summed E-state index contributed by atoms with van der Waals surface area (Å²) in [5.74, 6) is 0.481. The summed E-state index contributed by atoms with van der Waals surface area (Å²) in [5, 5.41) is 2.93. The number of amides is 2. The van der Waals surface area contributed by atoms with E-state index in [2.05, 4.69) is 22.3 Å². The molecule has 0 radical (unpaired) electrons. The summed E-state index contributed by atoms with van der Waals surface area (Å²) >= 11 is 5.86. The standard InChI is InChI=1S/C22H22ClN3O2/c23-8-7-17-3-6-21-19(13-17)20(22(28)24-21)14-16-1-4-18(5-2-16)26-11-9-25(15-27)10-12-26/h1-6,13-15H,7-12H2,(H,24,28). The molecule has 2 aromatic carbocycles. The monoisotopic (exact) mass is 395 g/mol. The van der Waals surface area contributed by atoms with Gasteiger partial charge in [-0.25, -0.2) is 0 Å². The molecule has 1 fully saturated rings. The van der Waals surface area contributed by atoms with Crippen LogP contribution in [0.15, 0.2) is 42.5 Å². The molecule has 0 spiro atoms. The molecule has 0 aromatic heterocycles. The molecule has 1 saturated heterocycles. The van der Waals surface area contributed by atoms with E-state index >= 15 is 0 Å². The third-order valence-electron chi connectivity index (χ3n) is 5.28. The third-order valence-corrected chi connectivity index (χ3v) is 5.47. The van der Waals surface area contributed by atoms with Gasteiger partial charge in [0.05, 0.1) is 0 Å².